The van der Waals surface area contributed by atoms with Crippen LogP contribution in [0, 0.1) is 0 Å². The second-order valence-corrected chi connectivity index (χ2v) is 6.43. The van der Waals surface area contributed by atoms with Gasteiger partial charge in [-0.05, 0) is 44.7 Å². The number of nitrogens with one attached hydrogen (secondary N) is 1. The highest BCUT2D eigenvalue weighted by atomic mass is 32.1. The Hall–Kier alpha value is -0.870. The van der Waals surface area contributed by atoms with Gasteiger partial charge in [0.15, 0.2) is 0 Å². The summed E-state index contributed by atoms with van der Waals surface area (Å²) in [6, 6.07) is 4.61. The highest BCUT2D eigenvalue weighted by Gasteiger charge is 2.39. The van der Waals surface area contributed by atoms with Crippen LogP contribution in [-0.4, -0.2) is 28.9 Å². The predicted molar refractivity (Wildman–Crippen MR) is 75.6 cm³/mol. The molecular formula is C14H22N2OS. The number of amides is 1. The first-order chi connectivity index (χ1) is 8.54. The molecule has 1 aromatic rings. The van der Waals surface area contributed by atoms with Crippen LogP contribution in [0.25, 0.3) is 0 Å². The zero-order valence-electron chi connectivity index (χ0n) is 11.4. The van der Waals surface area contributed by atoms with E-state index in [0.29, 0.717) is 6.04 Å². The maximum Gasteiger partial charge on any atom is 0.242 e. The molecule has 0 bridgehead atoms. The van der Waals surface area contributed by atoms with Gasteiger partial charge >= 0.3 is 0 Å². The first-order valence-corrected chi connectivity index (χ1v) is 7.51. The van der Waals surface area contributed by atoms with Crippen LogP contribution in [0.3, 0.4) is 0 Å². The van der Waals surface area contributed by atoms with E-state index >= 15 is 0 Å². The molecule has 0 radical (unpaired) electrons. The normalized spacial score (nSPS) is 15.7. The Morgan fingerprint density at radius 1 is 1.56 bits per heavy atom. The molecule has 0 spiro atoms. The van der Waals surface area contributed by atoms with Crippen molar-refractivity contribution < 1.29 is 4.79 Å². The quantitative estimate of drug-likeness (QED) is 0.858. The molecule has 18 heavy (non-hydrogen) atoms. The summed E-state index contributed by atoms with van der Waals surface area (Å²) in [6.07, 6.45) is 2.30. The van der Waals surface area contributed by atoms with E-state index in [1.165, 1.54) is 4.88 Å². The Morgan fingerprint density at radius 3 is 2.78 bits per heavy atom. The maximum absolute atomic E-state index is 12.6. The molecule has 1 aliphatic carbocycles. The monoisotopic (exact) mass is 266 g/mol. The fourth-order valence-electron chi connectivity index (χ4n) is 2.20. The van der Waals surface area contributed by atoms with E-state index in [1.54, 1.807) is 11.3 Å². The van der Waals surface area contributed by atoms with E-state index in [-0.39, 0.29) is 5.91 Å². The summed E-state index contributed by atoms with van der Waals surface area (Å²) in [6.45, 7) is 7.56. The van der Waals surface area contributed by atoms with E-state index in [1.807, 2.05) is 26.8 Å². The van der Waals surface area contributed by atoms with Crippen LogP contribution < -0.4 is 5.32 Å². The molecule has 1 heterocycles. The lowest BCUT2D eigenvalue weighted by atomic mass is 10.0. The van der Waals surface area contributed by atoms with E-state index in [0.717, 1.165) is 25.9 Å². The fourth-order valence-corrected chi connectivity index (χ4v) is 2.90. The van der Waals surface area contributed by atoms with Crippen LogP contribution in [-0.2, 0) is 11.3 Å². The molecule has 0 aromatic carbocycles. The lowest BCUT2D eigenvalue weighted by Gasteiger charge is -2.32. The second kappa shape index (κ2) is 5.41. The highest BCUT2D eigenvalue weighted by molar-refractivity contribution is 7.09. The van der Waals surface area contributed by atoms with Crippen LogP contribution in [0.1, 0.15) is 38.5 Å². The molecule has 1 fully saturated rings. The largest absolute Gasteiger partial charge is 0.333 e. The predicted octanol–water partition coefficient (Wildman–Crippen LogP) is 2.63. The van der Waals surface area contributed by atoms with Crippen LogP contribution in [0.4, 0.5) is 0 Å². The summed E-state index contributed by atoms with van der Waals surface area (Å²) in [5, 5.41) is 5.35. The molecule has 3 nitrogen and oxygen atoms in total. The molecule has 4 heteroatoms. The van der Waals surface area contributed by atoms with Gasteiger partial charge in [0.25, 0.3) is 0 Å². The van der Waals surface area contributed by atoms with E-state index < -0.39 is 5.54 Å². The number of carbonyl (C=O) groups is 1. The Labute approximate surface area is 113 Å². The summed E-state index contributed by atoms with van der Waals surface area (Å²) in [7, 11) is 0. The zero-order chi connectivity index (χ0) is 13.2. The molecule has 0 atom stereocenters. The van der Waals surface area contributed by atoms with Crippen molar-refractivity contribution in [3.8, 4) is 0 Å². The number of hydrogen-bond acceptors (Lipinski definition) is 3. The molecule has 1 aliphatic rings. The summed E-state index contributed by atoms with van der Waals surface area (Å²) in [5.41, 5.74) is -0.464. The molecule has 1 amide bonds. The van der Waals surface area contributed by atoms with Gasteiger partial charge < -0.3 is 10.2 Å². The first-order valence-electron chi connectivity index (χ1n) is 6.63. The van der Waals surface area contributed by atoms with Gasteiger partial charge in [0.1, 0.15) is 0 Å². The standard InChI is InChI=1S/C14H22N2OS/c1-4-15-14(2,3)13(17)16(11-7-8-11)10-12-6-5-9-18-12/h5-6,9,11,15H,4,7-8,10H2,1-3H3. The number of nitrogens with zero attached hydrogens (tertiary/aromatic N) is 1. The smallest absolute Gasteiger partial charge is 0.242 e. The van der Waals surface area contributed by atoms with Crippen molar-refractivity contribution in [1.29, 1.82) is 0 Å². The minimum Gasteiger partial charge on any atom is -0.333 e. The molecule has 0 unspecified atom stereocenters. The van der Waals surface area contributed by atoms with Gasteiger partial charge in [0, 0.05) is 10.9 Å². The van der Waals surface area contributed by atoms with Crippen molar-refractivity contribution in [2.75, 3.05) is 6.54 Å². The van der Waals surface area contributed by atoms with E-state index in [9.17, 15) is 4.79 Å². The van der Waals surface area contributed by atoms with Crippen molar-refractivity contribution in [2.45, 2.75) is 51.7 Å². The summed E-state index contributed by atoms with van der Waals surface area (Å²) < 4.78 is 0. The molecule has 2 rings (SSSR count). The molecular weight excluding hydrogens is 244 g/mol. The Bertz CT molecular complexity index is 396. The summed E-state index contributed by atoms with van der Waals surface area (Å²) >= 11 is 1.72. The Morgan fingerprint density at radius 2 is 2.28 bits per heavy atom. The van der Waals surface area contributed by atoms with Crippen LogP contribution in [0.5, 0.6) is 0 Å². The summed E-state index contributed by atoms with van der Waals surface area (Å²) in [4.78, 5) is 15.9. The second-order valence-electron chi connectivity index (χ2n) is 5.40. The molecule has 100 valence electrons. The topological polar surface area (TPSA) is 32.3 Å². The lowest BCUT2D eigenvalue weighted by Crippen LogP contribution is -2.54. The van der Waals surface area contributed by atoms with Gasteiger partial charge in [-0.3, -0.25) is 4.79 Å². The Balaban J connectivity index is 2.07. The fraction of sp³-hybridized carbons (Fsp3) is 0.643. The minimum absolute atomic E-state index is 0.222. The van der Waals surface area contributed by atoms with E-state index in [4.69, 9.17) is 0 Å². The average molecular weight is 266 g/mol. The number of thiophene rings is 1. The number of rotatable bonds is 6. The van der Waals surface area contributed by atoms with Gasteiger partial charge in [-0.25, -0.2) is 0 Å². The number of likely N-dealkylation sites (N-methyl/N-ethyl adjacent to an activating group) is 1. The van der Waals surface area contributed by atoms with E-state index in [2.05, 4.69) is 21.7 Å². The van der Waals surface area contributed by atoms with Crippen LogP contribution >= 0.6 is 11.3 Å². The lowest BCUT2D eigenvalue weighted by molar-refractivity contribution is -0.138. The highest BCUT2D eigenvalue weighted by Crippen LogP contribution is 2.31. The third kappa shape index (κ3) is 3.12. The summed E-state index contributed by atoms with van der Waals surface area (Å²) in [5.74, 6) is 0.222. The van der Waals surface area contributed by atoms with Crippen molar-refractivity contribution in [1.82, 2.24) is 10.2 Å². The van der Waals surface area contributed by atoms with Crippen molar-refractivity contribution >= 4 is 17.2 Å². The zero-order valence-corrected chi connectivity index (χ0v) is 12.2. The molecule has 0 saturated heterocycles. The minimum atomic E-state index is -0.464. The number of hydrogen-bond donors (Lipinski definition) is 1. The molecule has 1 aromatic heterocycles. The van der Waals surface area contributed by atoms with Crippen molar-refractivity contribution in [3.05, 3.63) is 22.4 Å². The Kier molecular flexibility index (Phi) is 4.07. The van der Waals surface area contributed by atoms with Crippen molar-refractivity contribution in [2.24, 2.45) is 0 Å². The molecule has 0 aliphatic heterocycles. The molecule has 1 saturated carbocycles. The molecule has 1 N–H and O–H groups in total. The van der Waals surface area contributed by atoms with Gasteiger partial charge in [0.2, 0.25) is 5.91 Å². The SMILES string of the molecule is CCNC(C)(C)C(=O)N(Cc1cccs1)C1CC1. The third-order valence-electron chi connectivity index (χ3n) is 3.31. The van der Waals surface area contributed by atoms with Gasteiger partial charge in [0.05, 0.1) is 12.1 Å². The van der Waals surface area contributed by atoms with Crippen LogP contribution in [0.15, 0.2) is 17.5 Å². The average Bonchev–Trinajstić information content (AvgIpc) is 3.03. The number of carbonyl (C=O) groups excluding carboxylic acids is 1. The van der Waals surface area contributed by atoms with Gasteiger partial charge in [-0.15, -0.1) is 11.3 Å². The van der Waals surface area contributed by atoms with Gasteiger partial charge in [-0.2, -0.15) is 0 Å². The van der Waals surface area contributed by atoms with Gasteiger partial charge in [-0.1, -0.05) is 13.0 Å². The first kappa shape index (κ1) is 13.6. The maximum atomic E-state index is 12.6. The third-order valence-corrected chi connectivity index (χ3v) is 4.17. The van der Waals surface area contributed by atoms with Crippen molar-refractivity contribution in [3.63, 3.8) is 0 Å². The van der Waals surface area contributed by atoms with Crippen LogP contribution in [0.2, 0.25) is 0 Å².